The molecule has 1 heterocycles. The van der Waals surface area contributed by atoms with E-state index in [1.165, 1.54) is 13.2 Å². The summed E-state index contributed by atoms with van der Waals surface area (Å²) in [5, 5.41) is 8.94. The van der Waals surface area contributed by atoms with Gasteiger partial charge in [0, 0.05) is 25.2 Å². The fourth-order valence-corrected chi connectivity index (χ4v) is 1.41. The molecule has 1 N–H and O–H groups in total. The number of carbonyl (C=O) groups excluding carboxylic acids is 1. The number of carbonyl (C=O) groups is 1. The topological polar surface area (TPSA) is 64.3 Å². The number of hydrogen-bond donors (Lipinski definition) is 1. The first-order valence-electron chi connectivity index (χ1n) is 5.61. The first kappa shape index (κ1) is 14.2. The zero-order valence-electron chi connectivity index (χ0n) is 10.9. The minimum atomic E-state index is -0.409. The van der Waals surface area contributed by atoms with Crippen LogP contribution in [0.4, 0.5) is 0 Å². The molecule has 0 amide bonds. The summed E-state index contributed by atoms with van der Waals surface area (Å²) in [6.07, 6.45) is 7.25. The van der Waals surface area contributed by atoms with Gasteiger partial charge < -0.3 is 14.4 Å². The van der Waals surface area contributed by atoms with Gasteiger partial charge in [-0.25, -0.2) is 9.78 Å². The number of nitrogens with zero attached hydrogens (tertiary/aromatic N) is 2. The summed E-state index contributed by atoms with van der Waals surface area (Å²) in [4.78, 5) is 15.2. The van der Waals surface area contributed by atoms with Gasteiger partial charge in [0.25, 0.3) is 0 Å². The average molecular weight is 250 g/mol. The molecule has 98 valence electrons. The van der Waals surface area contributed by atoms with Crippen LogP contribution in [0.3, 0.4) is 0 Å². The lowest BCUT2D eigenvalue weighted by Crippen LogP contribution is -1.98. The molecule has 0 atom stereocenters. The Bertz CT molecular complexity index is 473. The van der Waals surface area contributed by atoms with Crippen molar-refractivity contribution in [2.45, 2.75) is 13.3 Å². The Hall–Kier alpha value is -1.88. The summed E-state index contributed by atoms with van der Waals surface area (Å²) in [5.74, 6) is -0.409. The van der Waals surface area contributed by atoms with Gasteiger partial charge in [-0.15, -0.1) is 0 Å². The van der Waals surface area contributed by atoms with Gasteiger partial charge in [0.05, 0.1) is 25.7 Å². The maximum atomic E-state index is 11.0. The fraction of sp³-hybridized carbons (Fsp3) is 0.385. The number of allylic oxidation sites excluding steroid dienone is 1. The Morgan fingerprint density at radius 1 is 1.61 bits per heavy atom. The van der Waals surface area contributed by atoms with Crippen LogP contribution in [-0.4, -0.2) is 34.3 Å². The Morgan fingerprint density at radius 2 is 2.33 bits per heavy atom. The van der Waals surface area contributed by atoms with E-state index in [2.05, 4.69) is 9.72 Å². The minimum absolute atomic E-state index is 0.0468. The van der Waals surface area contributed by atoms with Gasteiger partial charge in [0.2, 0.25) is 0 Å². The van der Waals surface area contributed by atoms with Crippen molar-refractivity contribution in [1.82, 2.24) is 9.55 Å². The molecule has 1 rings (SSSR count). The molecule has 0 spiro atoms. The highest BCUT2D eigenvalue weighted by Gasteiger charge is 2.05. The van der Waals surface area contributed by atoms with E-state index in [9.17, 15) is 4.79 Å². The van der Waals surface area contributed by atoms with Gasteiger partial charge in [-0.2, -0.15) is 0 Å². The number of aliphatic hydroxyl groups excluding tert-OH is 1. The van der Waals surface area contributed by atoms with E-state index in [0.717, 1.165) is 17.0 Å². The lowest BCUT2D eigenvalue weighted by atomic mass is 10.2. The number of ether oxygens (including phenoxy) is 1. The molecule has 0 saturated carbocycles. The molecule has 0 aromatic carbocycles. The quantitative estimate of drug-likeness (QED) is 0.482. The van der Waals surface area contributed by atoms with Gasteiger partial charge in [-0.05, 0) is 13.0 Å². The Morgan fingerprint density at radius 3 is 2.94 bits per heavy atom. The van der Waals surface area contributed by atoms with Crippen LogP contribution in [0.2, 0.25) is 0 Å². The second-order valence-electron chi connectivity index (χ2n) is 3.96. The van der Waals surface area contributed by atoms with E-state index < -0.39 is 5.97 Å². The van der Waals surface area contributed by atoms with Crippen molar-refractivity contribution >= 4 is 12.0 Å². The molecule has 18 heavy (non-hydrogen) atoms. The molecule has 0 aliphatic carbocycles. The van der Waals surface area contributed by atoms with Crippen LogP contribution in [-0.2, 0) is 23.0 Å². The van der Waals surface area contributed by atoms with E-state index >= 15 is 0 Å². The number of aryl methyl sites for hydroxylation is 1. The zero-order chi connectivity index (χ0) is 13.5. The van der Waals surface area contributed by atoms with Crippen LogP contribution in [0.15, 0.2) is 24.1 Å². The highest BCUT2D eigenvalue weighted by Crippen LogP contribution is 2.11. The molecule has 0 saturated heterocycles. The SMILES string of the molecule is COC(=O)/C=C/c1ncn(C)c1C/C=C(/C)CO. The molecule has 0 radical (unpaired) electrons. The maximum absolute atomic E-state index is 11.0. The van der Waals surface area contributed by atoms with Crippen molar-refractivity contribution in [3.8, 4) is 0 Å². The van der Waals surface area contributed by atoms with Gasteiger partial charge in [0.1, 0.15) is 0 Å². The van der Waals surface area contributed by atoms with Crippen LogP contribution >= 0.6 is 0 Å². The molecule has 0 fully saturated rings. The van der Waals surface area contributed by atoms with Crippen molar-refractivity contribution in [3.63, 3.8) is 0 Å². The number of methoxy groups -OCH3 is 1. The Kier molecular flexibility index (Phi) is 5.32. The Labute approximate surface area is 106 Å². The molecule has 5 heteroatoms. The maximum Gasteiger partial charge on any atom is 0.330 e. The molecule has 1 aromatic rings. The molecule has 0 unspecified atom stereocenters. The third-order valence-corrected chi connectivity index (χ3v) is 2.56. The van der Waals surface area contributed by atoms with Gasteiger partial charge in [-0.1, -0.05) is 11.6 Å². The molecular weight excluding hydrogens is 232 g/mol. The summed E-state index contributed by atoms with van der Waals surface area (Å²) in [6.45, 7) is 1.91. The summed E-state index contributed by atoms with van der Waals surface area (Å²) >= 11 is 0. The molecule has 5 nitrogen and oxygen atoms in total. The minimum Gasteiger partial charge on any atom is -0.466 e. The summed E-state index contributed by atoms with van der Waals surface area (Å²) in [6, 6.07) is 0. The van der Waals surface area contributed by atoms with Crippen molar-refractivity contribution in [2.75, 3.05) is 13.7 Å². The normalized spacial score (nSPS) is 12.1. The number of rotatable bonds is 5. The first-order valence-corrected chi connectivity index (χ1v) is 5.61. The number of hydrogen-bond acceptors (Lipinski definition) is 4. The van der Waals surface area contributed by atoms with Crippen molar-refractivity contribution < 1.29 is 14.6 Å². The first-order chi connectivity index (χ1) is 8.58. The highest BCUT2D eigenvalue weighted by atomic mass is 16.5. The van der Waals surface area contributed by atoms with E-state index in [1.54, 1.807) is 12.4 Å². The summed E-state index contributed by atoms with van der Waals surface area (Å²) in [5.41, 5.74) is 2.60. The standard InChI is InChI=1S/C13H18N2O3/c1-10(8-16)4-6-12-11(14-9-15(12)2)5-7-13(17)18-3/h4-5,7,9,16H,6,8H2,1-3H3/b7-5+,10-4-. The summed E-state index contributed by atoms with van der Waals surface area (Å²) < 4.78 is 6.42. The molecule has 0 aliphatic rings. The number of aliphatic hydroxyl groups is 1. The van der Waals surface area contributed by atoms with Gasteiger partial charge in [0.15, 0.2) is 0 Å². The highest BCUT2D eigenvalue weighted by molar-refractivity contribution is 5.86. The van der Waals surface area contributed by atoms with E-state index in [4.69, 9.17) is 5.11 Å². The van der Waals surface area contributed by atoms with Crippen LogP contribution in [0.25, 0.3) is 6.08 Å². The predicted octanol–water partition coefficient (Wildman–Crippen LogP) is 1.09. The van der Waals surface area contributed by atoms with E-state index in [-0.39, 0.29) is 6.61 Å². The van der Waals surface area contributed by atoms with Crippen LogP contribution in [0, 0.1) is 0 Å². The third-order valence-electron chi connectivity index (χ3n) is 2.56. The van der Waals surface area contributed by atoms with Gasteiger partial charge in [-0.3, -0.25) is 0 Å². The molecule has 0 aliphatic heterocycles. The molecule has 1 aromatic heterocycles. The zero-order valence-corrected chi connectivity index (χ0v) is 10.9. The fourth-order valence-electron chi connectivity index (χ4n) is 1.41. The number of esters is 1. The van der Waals surface area contributed by atoms with Crippen LogP contribution in [0.5, 0.6) is 0 Å². The largest absolute Gasteiger partial charge is 0.466 e. The second kappa shape index (κ2) is 6.76. The monoisotopic (exact) mass is 250 g/mol. The van der Waals surface area contributed by atoms with Gasteiger partial charge >= 0.3 is 5.97 Å². The third kappa shape index (κ3) is 3.85. The predicted molar refractivity (Wildman–Crippen MR) is 68.8 cm³/mol. The Balaban J connectivity index is 2.88. The van der Waals surface area contributed by atoms with Crippen molar-refractivity contribution in [2.24, 2.45) is 7.05 Å². The number of imidazole rings is 1. The number of aromatic nitrogens is 2. The smallest absolute Gasteiger partial charge is 0.330 e. The lowest BCUT2D eigenvalue weighted by molar-refractivity contribution is -0.134. The average Bonchev–Trinajstić information content (AvgIpc) is 2.73. The summed E-state index contributed by atoms with van der Waals surface area (Å²) in [7, 11) is 3.22. The van der Waals surface area contributed by atoms with Crippen LogP contribution < -0.4 is 0 Å². The second-order valence-corrected chi connectivity index (χ2v) is 3.96. The van der Waals surface area contributed by atoms with E-state index in [1.807, 2.05) is 24.6 Å². The van der Waals surface area contributed by atoms with Crippen LogP contribution in [0.1, 0.15) is 18.3 Å². The molecule has 0 bridgehead atoms. The van der Waals surface area contributed by atoms with Crippen molar-refractivity contribution in [3.05, 3.63) is 35.4 Å². The van der Waals surface area contributed by atoms with Crippen molar-refractivity contribution in [1.29, 1.82) is 0 Å². The van der Waals surface area contributed by atoms with E-state index in [0.29, 0.717) is 6.42 Å². The molecular formula is C13H18N2O3. The lowest BCUT2D eigenvalue weighted by Gasteiger charge is -2.01.